The molecule has 3 heterocycles. The normalized spacial score (nSPS) is 13.2. The largest absolute Gasteiger partial charge is 0.340 e. The summed E-state index contributed by atoms with van der Waals surface area (Å²) in [6.07, 6.45) is 10.0. The second-order valence-corrected chi connectivity index (χ2v) is 14.4. The van der Waals surface area contributed by atoms with E-state index in [1.807, 2.05) is 23.5 Å². The molecule has 6 heteroatoms. The molecule has 0 radical (unpaired) electrons. The van der Waals surface area contributed by atoms with E-state index in [9.17, 15) is 0 Å². The Morgan fingerprint density at radius 2 is 0.891 bits per heavy atom. The van der Waals surface area contributed by atoms with Gasteiger partial charge in [-0.05, 0) is 73.5 Å². The van der Waals surface area contributed by atoms with Gasteiger partial charge >= 0.3 is 0 Å². The SMILES string of the molecule is CCCCCCN1c2ccccc2Sc2cc(-c3ccc(-c4ccc5c(c4)Sc4ccccc4N5CCCCCC)nn3)ccc21. The Labute approximate surface area is 282 Å². The van der Waals surface area contributed by atoms with Crippen LogP contribution >= 0.6 is 23.5 Å². The molecule has 2 aliphatic rings. The van der Waals surface area contributed by atoms with Crippen molar-refractivity contribution in [1.82, 2.24) is 10.2 Å². The van der Waals surface area contributed by atoms with Crippen molar-refractivity contribution in [2.75, 3.05) is 22.9 Å². The first kappa shape index (κ1) is 30.9. The molecular weight excluding hydrogens is 601 g/mol. The van der Waals surface area contributed by atoms with Gasteiger partial charge in [0.2, 0.25) is 0 Å². The Bertz CT molecular complexity index is 1670. The fourth-order valence-corrected chi connectivity index (χ4v) is 8.77. The zero-order valence-electron chi connectivity index (χ0n) is 26.9. The van der Waals surface area contributed by atoms with Gasteiger partial charge in [-0.3, -0.25) is 0 Å². The first-order valence-electron chi connectivity index (χ1n) is 16.9. The van der Waals surface area contributed by atoms with Crippen LogP contribution in [0.3, 0.4) is 0 Å². The molecule has 0 amide bonds. The minimum absolute atomic E-state index is 0.903. The highest BCUT2D eigenvalue weighted by Gasteiger charge is 2.25. The average molecular weight is 643 g/mol. The third kappa shape index (κ3) is 6.43. The summed E-state index contributed by atoms with van der Waals surface area (Å²) in [6.45, 7) is 6.63. The molecule has 0 aliphatic carbocycles. The molecule has 234 valence electrons. The quantitative estimate of drug-likeness (QED) is 0.126. The first-order valence-corrected chi connectivity index (χ1v) is 18.6. The van der Waals surface area contributed by atoms with Gasteiger partial charge in [-0.25, -0.2) is 0 Å². The minimum Gasteiger partial charge on any atom is -0.340 e. The maximum atomic E-state index is 4.74. The van der Waals surface area contributed by atoms with Crippen LogP contribution in [-0.2, 0) is 0 Å². The predicted octanol–water partition coefficient (Wildman–Crippen LogP) is 12.2. The monoisotopic (exact) mass is 642 g/mol. The van der Waals surface area contributed by atoms with Gasteiger partial charge in [0.05, 0.1) is 34.1 Å². The standard InChI is InChI=1S/C40H42N4S2/c1-3-5-7-13-25-43-33-15-9-11-17-37(33)45-39-27-29(19-23-35(39)43)31-21-22-32(42-41-31)30-20-24-36-40(28-30)46-38-18-12-10-16-34(38)44(36)26-14-8-6-4-2/h9-12,15-24,27-28H,3-8,13-14,25-26H2,1-2H3. The first-order chi connectivity index (χ1) is 22.7. The molecule has 1 aromatic heterocycles. The molecule has 0 fully saturated rings. The van der Waals surface area contributed by atoms with Crippen LogP contribution < -0.4 is 9.80 Å². The Hall–Kier alpha value is -3.74. The fraction of sp³-hybridized carbons (Fsp3) is 0.300. The summed E-state index contributed by atoms with van der Waals surface area (Å²) in [5, 5.41) is 9.48. The van der Waals surface area contributed by atoms with Crippen molar-refractivity contribution in [3.8, 4) is 22.5 Å². The van der Waals surface area contributed by atoms with Gasteiger partial charge in [-0.2, -0.15) is 0 Å². The lowest BCUT2D eigenvalue weighted by Crippen LogP contribution is -2.22. The zero-order chi connectivity index (χ0) is 31.3. The number of benzene rings is 4. The topological polar surface area (TPSA) is 32.3 Å². The van der Waals surface area contributed by atoms with Crippen LogP contribution in [0.25, 0.3) is 22.5 Å². The number of unbranched alkanes of at least 4 members (excludes halogenated alkanes) is 6. The number of fused-ring (bicyclic) bond motifs is 4. The van der Waals surface area contributed by atoms with E-state index in [1.165, 1.54) is 93.7 Å². The van der Waals surface area contributed by atoms with Crippen molar-refractivity contribution in [2.45, 2.75) is 84.8 Å². The summed E-state index contributed by atoms with van der Waals surface area (Å²) in [4.78, 5) is 10.2. The smallest absolute Gasteiger partial charge is 0.0930 e. The molecular formula is C40H42N4S2. The lowest BCUT2D eigenvalue weighted by Gasteiger charge is -2.33. The Kier molecular flexibility index (Phi) is 9.64. The van der Waals surface area contributed by atoms with Gasteiger partial charge in [0.15, 0.2) is 0 Å². The number of aromatic nitrogens is 2. The van der Waals surface area contributed by atoms with Crippen molar-refractivity contribution >= 4 is 46.3 Å². The summed E-state index contributed by atoms with van der Waals surface area (Å²) in [7, 11) is 0. The van der Waals surface area contributed by atoms with Crippen LogP contribution in [0.5, 0.6) is 0 Å². The summed E-state index contributed by atoms with van der Waals surface area (Å²) in [5.74, 6) is 0. The summed E-state index contributed by atoms with van der Waals surface area (Å²) < 4.78 is 0. The van der Waals surface area contributed by atoms with Crippen molar-refractivity contribution in [1.29, 1.82) is 0 Å². The highest BCUT2D eigenvalue weighted by Crippen LogP contribution is 2.50. The fourth-order valence-electron chi connectivity index (χ4n) is 6.50. The molecule has 4 aromatic carbocycles. The molecule has 0 spiro atoms. The van der Waals surface area contributed by atoms with Crippen molar-refractivity contribution in [3.05, 3.63) is 97.1 Å². The average Bonchev–Trinajstić information content (AvgIpc) is 3.10. The maximum absolute atomic E-state index is 4.74. The van der Waals surface area contributed by atoms with E-state index in [2.05, 4.69) is 121 Å². The number of hydrogen-bond donors (Lipinski definition) is 0. The molecule has 2 aliphatic heterocycles. The highest BCUT2D eigenvalue weighted by atomic mass is 32.2. The van der Waals surface area contributed by atoms with Gasteiger partial charge in [0.1, 0.15) is 0 Å². The van der Waals surface area contributed by atoms with E-state index in [0.29, 0.717) is 0 Å². The van der Waals surface area contributed by atoms with Crippen LogP contribution in [0.1, 0.15) is 65.2 Å². The van der Waals surface area contributed by atoms with Crippen LogP contribution in [-0.4, -0.2) is 23.3 Å². The van der Waals surface area contributed by atoms with Crippen LogP contribution in [0, 0.1) is 0 Å². The Morgan fingerprint density at radius 1 is 0.457 bits per heavy atom. The third-order valence-corrected chi connectivity index (χ3v) is 11.2. The molecule has 0 saturated carbocycles. The van der Waals surface area contributed by atoms with Gasteiger partial charge in [-0.15, -0.1) is 10.2 Å². The summed E-state index contributed by atoms with van der Waals surface area (Å²) in [5.41, 5.74) is 9.24. The molecule has 4 nitrogen and oxygen atoms in total. The number of hydrogen-bond acceptors (Lipinski definition) is 6. The lowest BCUT2D eigenvalue weighted by molar-refractivity contribution is 0.666. The Balaban J connectivity index is 1.12. The molecule has 0 bridgehead atoms. The molecule has 0 saturated heterocycles. The maximum Gasteiger partial charge on any atom is 0.0930 e. The third-order valence-electron chi connectivity index (χ3n) is 8.98. The number of anilines is 4. The molecule has 0 N–H and O–H groups in total. The molecule has 0 atom stereocenters. The lowest BCUT2D eigenvalue weighted by atomic mass is 10.1. The van der Waals surface area contributed by atoms with Gasteiger partial charge in [0.25, 0.3) is 0 Å². The molecule has 46 heavy (non-hydrogen) atoms. The second-order valence-electron chi connectivity index (χ2n) is 12.2. The van der Waals surface area contributed by atoms with E-state index in [1.54, 1.807) is 0 Å². The highest BCUT2D eigenvalue weighted by molar-refractivity contribution is 8.00. The van der Waals surface area contributed by atoms with Crippen molar-refractivity contribution in [2.24, 2.45) is 0 Å². The summed E-state index contributed by atoms with van der Waals surface area (Å²) in [6, 6.07) is 35.4. The number of nitrogens with zero attached hydrogens (tertiary/aromatic N) is 4. The van der Waals surface area contributed by atoms with E-state index in [-0.39, 0.29) is 0 Å². The minimum atomic E-state index is 0.903. The zero-order valence-corrected chi connectivity index (χ0v) is 28.5. The van der Waals surface area contributed by atoms with E-state index in [4.69, 9.17) is 10.2 Å². The van der Waals surface area contributed by atoms with E-state index >= 15 is 0 Å². The number of rotatable bonds is 12. The molecule has 5 aromatic rings. The van der Waals surface area contributed by atoms with Gasteiger partial charge < -0.3 is 9.80 Å². The second kappa shape index (κ2) is 14.4. The molecule has 0 unspecified atom stereocenters. The molecule has 7 rings (SSSR count). The Morgan fingerprint density at radius 3 is 1.33 bits per heavy atom. The van der Waals surface area contributed by atoms with Crippen molar-refractivity contribution in [3.63, 3.8) is 0 Å². The van der Waals surface area contributed by atoms with Gasteiger partial charge in [-0.1, -0.05) is 112 Å². The predicted molar refractivity (Wildman–Crippen MR) is 196 cm³/mol. The van der Waals surface area contributed by atoms with Crippen molar-refractivity contribution < 1.29 is 0 Å². The van der Waals surface area contributed by atoms with Crippen LogP contribution in [0.2, 0.25) is 0 Å². The number of para-hydroxylation sites is 2. The van der Waals surface area contributed by atoms with E-state index in [0.717, 1.165) is 35.6 Å². The van der Waals surface area contributed by atoms with Crippen LogP contribution in [0.4, 0.5) is 22.7 Å². The summed E-state index contributed by atoms with van der Waals surface area (Å²) >= 11 is 3.72. The van der Waals surface area contributed by atoms with Crippen LogP contribution in [0.15, 0.2) is 117 Å². The van der Waals surface area contributed by atoms with E-state index < -0.39 is 0 Å². The van der Waals surface area contributed by atoms with Gasteiger partial charge in [0, 0.05) is 43.8 Å².